The average molecular weight is 519 g/mol. The van der Waals surface area contributed by atoms with E-state index in [9.17, 15) is 35.2 Å². The molecule has 2 N–H and O–H groups in total. The minimum Gasteiger partial charge on any atom is -0.349 e. The molecule has 35 heavy (non-hydrogen) atoms. The molecule has 1 aliphatic rings. The van der Waals surface area contributed by atoms with Gasteiger partial charge in [-0.25, -0.2) is 17.2 Å². The summed E-state index contributed by atoms with van der Waals surface area (Å²) >= 11 is 0. The predicted octanol–water partition coefficient (Wildman–Crippen LogP) is 5.47. The highest BCUT2D eigenvalue weighted by atomic mass is 32.2. The van der Waals surface area contributed by atoms with Crippen molar-refractivity contribution in [2.45, 2.75) is 57.7 Å². The van der Waals surface area contributed by atoms with E-state index in [1.807, 2.05) is 0 Å². The van der Waals surface area contributed by atoms with Gasteiger partial charge in [-0.15, -0.1) is 0 Å². The number of nitrogens with one attached hydrogen (secondary N) is 2. The summed E-state index contributed by atoms with van der Waals surface area (Å²) in [5.74, 6) is -4.00. The highest BCUT2D eigenvalue weighted by Gasteiger charge is 2.52. The van der Waals surface area contributed by atoms with E-state index in [0.29, 0.717) is 31.5 Å². The molecule has 2 aromatic rings. The number of rotatable bonds is 7. The first-order valence-corrected chi connectivity index (χ1v) is 12.8. The lowest BCUT2D eigenvalue weighted by Crippen LogP contribution is -2.38. The molecule has 2 aromatic carbocycles. The Hall–Kier alpha value is -2.69. The van der Waals surface area contributed by atoms with E-state index < -0.39 is 56.7 Å². The second-order valence-electron chi connectivity index (χ2n) is 9.61. The van der Waals surface area contributed by atoms with Gasteiger partial charge in [0, 0.05) is 11.5 Å². The third-order valence-electron chi connectivity index (χ3n) is 6.36. The van der Waals surface area contributed by atoms with E-state index in [1.165, 1.54) is 0 Å². The van der Waals surface area contributed by atoms with Gasteiger partial charge in [0.05, 0.1) is 23.4 Å². The summed E-state index contributed by atoms with van der Waals surface area (Å²) in [6, 6.07) is 6.31. The maximum absolute atomic E-state index is 14.6. The Balaban J connectivity index is 1.71. The number of hydrogen-bond donors (Lipinski definition) is 2. The topological polar surface area (TPSA) is 75.3 Å². The number of halogens is 5. The Morgan fingerprint density at radius 3 is 2.14 bits per heavy atom. The first-order valence-electron chi connectivity index (χ1n) is 10.9. The number of sulfonamides is 1. The van der Waals surface area contributed by atoms with Crippen LogP contribution in [0, 0.1) is 24.5 Å². The van der Waals surface area contributed by atoms with Crippen LogP contribution in [0.2, 0.25) is 0 Å². The third-order valence-corrected chi connectivity index (χ3v) is 6.95. The van der Waals surface area contributed by atoms with Gasteiger partial charge in [-0.1, -0.05) is 12.1 Å². The van der Waals surface area contributed by atoms with Crippen LogP contribution in [0.5, 0.6) is 0 Å². The molecule has 0 aromatic heterocycles. The van der Waals surface area contributed by atoms with Gasteiger partial charge in [0.2, 0.25) is 15.9 Å². The zero-order valence-electron chi connectivity index (χ0n) is 19.8. The lowest BCUT2D eigenvalue weighted by molar-refractivity contribution is -0.181. The number of anilines is 1. The van der Waals surface area contributed by atoms with Crippen molar-refractivity contribution in [3.05, 3.63) is 64.2 Å². The summed E-state index contributed by atoms with van der Waals surface area (Å²) in [5, 5.41) is 2.82. The summed E-state index contributed by atoms with van der Waals surface area (Å²) in [5.41, 5.74) is -1.82. The minimum absolute atomic E-state index is 0.140. The number of hydrogen-bond acceptors (Lipinski definition) is 3. The van der Waals surface area contributed by atoms with Crippen LogP contribution in [0.15, 0.2) is 30.3 Å². The van der Waals surface area contributed by atoms with E-state index in [4.69, 9.17) is 0 Å². The number of benzene rings is 2. The Morgan fingerprint density at radius 1 is 1.09 bits per heavy atom. The fraction of sp³-hybridized carbons (Fsp3) is 0.458. The van der Waals surface area contributed by atoms with Crippen LogP contribution in [0.4, 0.5) is 27.6 Å². The zero-order valence-corrected chi connectivity index (χ0v) is 20.7. The fourth-order valence-electron chi connectivity index (χ4n) is 4.07. The zero-order chi connectivity index (χ0) is 26.5. The minimum atomic E-state index is -4.84. The van der Waals surface area contributed by atoms with Crippen LogP contribution in [-0.2, 0) is 20.2 Å². The number of alkyl halides is 3. The van der Waals surface area contributed by atoms with Gasteiger partial charge in [0.1, 0.15) is 11.6 Å². The quantitative estimate of drug-likeness (QED) is 0.478. The number of carbonyl (C=O) groups is 1. The molecular formula is C24H27F5N2O3S. The van der Waals surface area contributed by atoms with Gasteiger partial charge >= 0.3 is 6.18 Å². The van der Waals surface area contributed by atoms with Crippen molar-refractivity contribution in [1.29, 1.82) is 0 Å². The van der Waals surface area contributed by atoms with Gasteiger partial charge in [0.15, 0.2) is 0 Å². The lowest BCUT2D eigenvalue weighted by atomic mass is 9.82. The molecule has 1 amide bonds. The highest BCUT2D eigenvalue weighted by molar-refractivity contribution is 7.92. The number of carbonyl (C=O) groups excluding carboxylic acids is 1. The standard InChI is InChI=1S/C24H27F5N2O3S/c1-12-8-14(6-7-20(12)31-35(5,33)34)13(2)30-22(32)17-11-16(17)15-9-18(25)21(19(26)10-15)23(3,4)24(27,28)29/h6-10,13,16-17,31H,11H2,1-5H3,(H,30,32)/t13?,16?,17-/m1/s1. The van der Waals surface area contributed by atoms with Crippen LogP contribution in [0.1, 0.15) is 61.4 Å². The molecule has 0 heterocycles. The van der Waals surface area contributed by atoms with Gasteiger partial charge in [-0.3, -0.25) is 9.52 Å². The number of aryl methyl sites for hydroxylation is 1. The van der Waals surface area contributed by atoms with E-state index in [0.717, 1.165) is 24.0 Å². The van der Waals surface area contributed by atoms with Crippen molar-refractivity contribution in [3.63, 3.8) is 0 Å². The third kappa shape index (κ3) is 5.76. The molecule has 1 aliphatic carbocycles. The molecule has 11 heteroatoms. The smallest absolute Gasteiger partial charge is 0.349 e. The normalized spacial score (nSPS) is 19.3. The van der Waals surface area contributed by atoms with Gasteiger partial charge < -0.3 is 5.32 Å². The Morgan fingerprint density at radius 2 is 1.66 bits per heavy atom. The second-order valence-corrected chi connectivity index (χ2v) is 11.4. The van der Waals surface area contributed by atoms with E-state index in [2.05, 4.69) is 10.0 Å². The van der Waals surface area contributed by atoms with Crippen molar-refractivity contribution >= 4 is 21.6 Å². The maximum Gasteiger partial charge on any atom is 0.398 e. The van der Waals surface area contributed by atoms with Gasteiger partial charge in [0.25, 0.3) is 0 Å². The summed E-state index contributed by atoms with van der Waals surface area (Å²) in [6.45, 7) is 4.89. The Labute approximate surface area is 201 Å². The molecule has 1 fully saturated rings. The molecule has 0 saturated heterocycles. The molecule has 0 aliphatic heterocycles. The molecule has 3 atom stereocenters. The fourth-order valence-corrected chi connectivity index (χ4v) is 4.70. The monoisotopic (exact) mass is 518 g/mol. The summed E-state index contributed by atoms with van der Waals surface area (Å²) in [4.78, 5) is 12.7. The summed E-state index contributed by atoms with van der Waals surface area (Å²) < 4.78 is 94.3. The average Bonchev–Trinajstić information content (AvgIpc) is 3.48. The van der Waals surface area contributed by atoms with Crippen LogP contribution in [0.25, 0.3) is 0 Å². The molecule has 5 nitrogen and oxygen atoms in total. The highest BCUT2D eigenvalue weighted by Crippen LogP contribution is 2.50. The molecule has 3 rings (SSSR count). The van der Waals surface area contributed by atoms with Crippen molar-refractivity contribution in [2.24, 2.45) is 5.92 Å². The second kappa shape index (κ2) is 9.07. The van der Waals surface area contributed by atoms with E-state index >= 15 is 0 Å². The van der Waals surface area contributed by atoms with Crippen LogP contribution < -0.4 is 10.0 Å². The van der Waals surface area contributed by atoms with Crippen molar-refractivity contribution in [3.8, 4) is 0 Å². The molecule has 2 unspecified atom stereocenters. The maximum atomic E-state index is 14.6. The summed E-state index contributed by atoms with van der Waals surface area (Å²) in [6.07, 6.45) is -3.49. The van der Waals surface area contributed by atoms with Crippen molar-refractivity contribution in [1.82, 2.24) is 5.32 Å². The lowest BCUT2D eigenvalue weighted by Gasteiger charge is -2.29. The molecule has 0 spiro atoms. The molecule has 1 saturated carbocycles. The molecule has 0 radical (unpaired) electrons. The van der Waals surface area contributed by atoms with Crippen LogP contribution in [-0.4, -0.2) is 26.8 Å². The SMILES string of the molecule is Cc1cc(C(C)NC(=O)[C@@H]2CC2c2cc(F)c(C(C)(C)C(F)(F)F)c(F)c2)ccc1NS(C)(=O)=O. The van der Waals surface area contributed by atoms with Crippen molar-refractivity contribution < 1.29 is 35.2 Å². The predicted molar refractivity (Wildman–Crippen MR) is 122 cm³/mol. The van der Waals surface area contributed by atoms with Crippen LogP contribution >= 0.6 is 0 Å². The summed E-state index contributed by atoms with van der Waals surface area (Å²) in [7, 11) is -3.44. The van der Waals surface area contributed by atoms with Crippen molar-refractivity contribution in [2.75, 3.05) is 11.0 Å². The molecule has 0 bridgehead atoms. The Kier molecular flexibility index (Phi) is 6.97. The molecular weight excluding hydrogens is 491 g/mol. The first kappa shape index (κ1) is 26.9. The van der Waals surface area contributed by atoms with Crippen LogP contribution in [0.3, 0.4) is 0 Å². The van der Waals surface area contributed by atoms with Gasteiger partial charge in [-0.05, 0) is 74.9 Å². The first-order chi connectivity index (χ1) is 15.9. The Bertz CT molecular complexity index is 1240. The van der Waals surface area contributed by atoms with Gasteiger partial charge in [-0.2, -0.15) is 13.2 Å². The number of amides is 1. The van der Waals surface area contributed by atoms with E-state index in [1.54, 1.807) is 32.0 Å². The molecule has 192 valence electrons. The van der Waals surface area contributed by atoms with E-state index in [-0.39, 0.29) is 11.5 Å². The largest absolute Gasteiger partial charge is 0.398 e.